The van der Waals surface area contributed by atoms with Gasteiger partial charge in [-0.25, -0.2) is 0 Å². The van der Waals surface area contributed by atoms with Crippen molar-refractivity contribution >= 4 is 0 Å². The van der Waals surface area contributed by atoms with Gasteiger partial charge in [0.25, 0.3) is 0 Å². The van der Waals surface area contributed by atoms with Crippen molar-refractivity contribution < 1.29 is 4.74 Å². The van der Waals surface area contributed by atoms with Crippen molar-refractivity contribution in [1.82, 2.24) is 10.2 Å². The average Bonchev–Trinajstić information content (AvgIpc) is 2.82. The van der Waals surface area contributed by atoms with Crippen LogP contribution in [0.4, 0.5) is 0 Å². The molecule has 2 aliphatic heterocycles. The minimum atomic E-state index is 0.485. The maximum Gasteiger partial charge on any atom is 0.0700 e. The van der Waals surface area contributed by atoms with E-state index in [0.717, 1.165) is 32.2 Å². The van der Waals surface area contributed by atoms with E-state index in [4.69, 9.17) is 4.74 Å². The molecule has 2 saturated heterocycles. The van der Waals surface area contributed by atoms with Gasteiger partial charge in [0.05, 0.1) is 12.7 Å². The molecule has 2 heterocycles. The summed E-state index contributed by atoms with van der Waals surface area (Å²) >= 11 is 0. The molecule has 0 aromatic carbocycles. The molecule has 2 unspecified atom stereocenters. The first kappa shape index (κ1) is 12.3. The number of hydrogen-bond donors (Lipinski definition) is 1. The van der Waals surface area contributed by atoms with Gasteiger partial charge in [-0.3, -0.25) is 4.90 Å². The third kappa shape index (κ3) is 3.72. The van der Waals surface area contributed by atoms with Crippen LogP contribution in [0.15, 0.2) is 0 Å². The highest BCUT2D eigenvalue weighted by molar-refractivity contribution is 4.75. The van der Waals surface area contributed by atoms with E-state index in [-0.39, 0.29) is 0 Å². The molecule has 0 amide bonds. The van der Waals surface area contributed by atoms with Crippen molar-refractivity contribution in [1.29, 1.82) is 0 Å². The van der Waals surface area contributed by atoms with Gasteiger partial charge in [-0.2, -0.15) is 0 Å². The molecule has 0 aromatic heterocycles. The lowest BCUT2D eigenvalue weighted by Gasteiger charge is -2.32. The molecule has 0 aliphatic carbocycles. The maximum atomic E-state index is 5.68. The first-order valence-electron chi connectivity index (χ1n) is 6.96. The van der Waals surface area contributed by atoms with Gasteiger partial charge in [0.2, 0.25) is 0 Å². The number of nitrogens with one attached hydrogen (secondary N) is 1. The first-order chi connectivity index (χ1) is 7.88. The summed E-state index contributed by atoms with van der Waals surface area (Å²) in [5.41, 5.74) is 0. The summed E-state index contributed by atoms with van der Waals surface area (Å²) in [6.45, 7) is 7.93. The molecule has 0 radical (unpaired) electrons. The molecule has 0 spiro atoms. The van der Waals surface area contributed by atoms with Crippen LogP contribution in [0.5, 0.6) is 0 Å². The van der Waals surface area contributed by atoms with E-state index in [2.05, 4.69) is 17.1 Å². The second-order valence-electron chi connectivity index (χ2n) is 5.14. The summed E-state index contributed by atoms with van der Waals surface area (Å²) in [6.07, 6.45) is 7.10. The molecule has 0 bridgehead atoms. The smallest absolute Gasteiger partial charge is 0.0700 e. The van der Waals surface area contributed by atoms with E-state index < -0.39 is 0 Å². The van der Waals surface area contributed by atoms with Gasteiger partial charge in [0.1, 0.15) is 0 Å². The van der Waals surface area contributed by atoms with Crippen molar-refractivity contribution in [3.05, 3.63) is 0 Å². The van der Waals surface area contributed by atoms with Crippen molar-refractivity contribution in [2.24, 2.45) is 0 Å². The Morgan fingerprint density at radius 3 is 3.12 bits per heavy atom. The van der Waals surface area contributed by atoms with Crippen LogP contribution in [0, 0.1) is 0 Å². The summed E-state index contributed by atoms with van der Waals surface area (Å²) in [5, 5.41) is 3.57. The van der Waals surface area contributed by atoms with Crippen LogP contribution in [0.3, 0.4) is 0 Å². The van der Waals surface area contributed by atoms with Crippen molar-refractivity contribution in [3.8, 4) is 0 Å². The first-order valence-corrected chi connectivity index (χ1v) is 6.96. The minimum absolute atomic E-state index is 0.485. The largest absolute Gasteiger partial charge is 0.376 e. The van der Waals surface area contributed by atoms with Gasteiger partial charge in [0, 0.05) is 19.1 Å². The molecule has 0 saturated carbocycles. The molecule has 0 aromatic rings. The summed E-state index contributed by atoms with van der Waals surface area (Å²) in [4.78, 5) is 2.58. The monoisotopic (exact) mass is 226 g/mol. The Bertz CT molecular complexity index is 192. The zero-order valence-electron chi connectivity index (χ0n) is 10.6. The minimum Gasteiger partial charge on any atom is -0.376 e. The fraction of sp³-hybridized carbons (Fsp3) is 1.00. The van der Waals surface area contributed by atoms with E-state index in [1.165, 1.54) is 38.8 Å². The molecule has 2 fully saturated rings. The van der Waals surface area contributed by atoms with Crippen molar-refractivity contribution in [2.45, 2.75) is 51.2 Å². The van der Waals surface area contributed by atoms with Crippen LogP contribution in [0.1, 0.15) is 39.0 Å². The standard InChI is InChI=1S/C13H26N2O/c1-2-13-11-15(9-10-16-13)8-4-6-12-5-3-7-14-12/h12-14H,2-11H2,1H3. The molecule has 3 heteroatoms. The van der Waals surface area contributed by atoms with Crippen LogP contribution in [-0.4, -0.2) is 49.8 Å². The van der Waals surface area contributed by atoms with Crippen LogP contribution in [0.2, 0.25) is 0 Å². The normalized spacial score (nSPS) is 32.1. The number of morpholine rings is 1. The molecule has 1 N–H and O–H groups in total. The molecule has 3 nitrogen and oxygen atoms in total. The Labute approximate surface area is 99.5 Å². The number of rotatable bonds is 5. The molecular weight excluding hydrogens is 200 g/mol. The summed E-state index contributed by atoms with van der Waals surface area (Å²) in [6, 6.07) is 0.808. The van der Waals surface area contributed by atoms with Gasteiger partial charge in [-0.15, -0.1) is 0 Å². The SMILES string of the molecule is CCC1CN(CCCC2CCCN2)CCO1. The summed E-state index contributed by atoms with van der Waals surface area (Å²) in [7, 11) is 0. The van der Waals surface area contributed by atoms with Gasteiger partial charge < -0.3 is 10.1 Å². The third-order valence-electron chi connectivity index (χ3n) is 3.87. The molecule has 2 atom stereocenters. The predicted molar refractivity (Wildman–Crippen MR) is 66.7 cm³/mol. The maximum absolute atomic E-state index is 5.68. The highest BCUT2D eigenvalue weighted by Crippen LogP contribution is 2.13. The van der Waals surface area contributed by atoms with Gasteiger partial charge in [0.15, 0.2) is 0 Å². The zero-order valence-corrected chi connectivity index (χ0v) is 10.6. The Balaban J connectivity index is 1.58. The lowest BCUT2D eigenvalue weighted by atomic mass is 10.1. The quantitative estimate of drug-likeness (QED) is 0.771. The van der Waals surface area contributed by atoms with Crippen molar-refractivity contribution in [3.63, 3.8) is 0 Å². The second kappa shape index (κ2) is 6.58. The lowest BCUT2D eigenvalue weighted by molar-refractivity contribution is -0.0300. The Morgan fingerprint density at radius 2 is 2.38 bits per heavy atom. The highest BCUT2D eigenvalue weighted by Gasteiger charge is 2.19. The predicted octanol–water partition coefficient (Wildman–Crippen LogP) is 1.63. The molecule has 2 aliphatic rings. The molecular formula is C13H26N2O. The van der Waals surface area contributed by atoms with Gasteiger partial charge in [-0.05, 0) is 45.2 Å². The van der Waals surface area contributed by atoms with E-state index in [0.29, 0.717) is 6.10 Å². The average molecular weight is 226 g/mol. The van der Waals surface area contributed by atoms with E-state index in [1.807, 2.05) is 0 Å². The van der Waals surface area contributed by atoms with Crippen LogP contribution in [-0.2, 0) is 4.74 Å². The number of ether oxygens (including phenoxy) is 1. The fourth-order valence-corrected chi connectivity index (χ4v) is 2.79. The number of nitrogens with zero attached hydrogens (tertiary/aromatic N) is 1. The Kier molecular flexibility index (Phi) is 5.07. The fourth-order valence-electron chi connectivity index (χ4n) is 2.79. The van der Waals surface area contributed by atoms with Crippen molar-refractivity contribution in [2.75, 3.05) is 32.8 Å². The zero-order chi connectivity index (χ0) is 11.2. The van der Waals surface area contributed by atoms with Gasteiger partial charge in [-0.1, -0.05) is 6.92 Å². The van der Waals surface area contributed by atoms with E-state index in [1.54, 1.807) is 0 Å². The van der Waals surface area contributed by atoms with Crippen LogP contribution < -0.4 is 5.32 Å². The van der Waals surface area contributed by atoms with Crippen LogP contribution in [0.25, 0.3) is 0 Å². The highest BCUT2D eigenvalue weighted by atomic mass is 16.5. The van der Waals surface area contributed by atoms with E-state index in [9.17, 15) is 0 Å². The van der Waals surface area contributed by atoms with E-state index >= 15 is 0 Å². The Hall–Kier alpha value is -0.120. The second-order valence-corrected chi connectivity index (χ2v) is 5.14. The molecule has 94 valence electrons. The third-order valence-corrected chi connectivity index (χ3v) is 3.87. The topological polar surface area (TPSA) is 24.5 Å². The molecule has 2 rings (SSSR count). The van der Waals surface area contributed by atoms with Crippen LogP contribution >= 0.6 is 0 Å². The summed E-state index contributed by atoms with van der Waals surface area (Å²) in [5.74, 6) is 0. The number of hydrogen-bond acceptors (Lipinski definition) is 3. The lowest BCUT2D eigenvalue weighted by Crippen LogP contribution is -2.42. The molecule has 16 heavy (non-hydrogen) atoms. The Morgan fingerprint density at radius 1 is 1.44 bits per heavy atom. The summed E-state index contributed by atoms with van der Waals surface area (Å²) < 4.78 is 5.68. The van der Waals surface area contributed by atoms with Gasteiger partial charge >= 0.3 is 0 Å².